The first-order valence-corrected chi connectivity index (χ1v) is 10.2. The Labute approximate surface area is 159 Å². The van der Waals surface area contributed by atoms with Crippen molar-refractivity contribution < 1.29 is 9.59 Å². The van der Waals surface area contributed by atoms with E-state index in [0.717, 1.165) is 26.1 Å². The summed E-state index contributed by atoms with van der Waals surface area (Å²) in [5.41, 5.74) is 0.678. The van der Waals surface area contributed by atoms with Crippen molar-refractivity contribution in [3.8, 4) is 0 Å². The van der Waals surface area contributed by atoms with Crippen molar-refractivity contribution in [2.45, 2.75) is 32.2 Å². The van der Waals surface area contributed by atoms with E-state index in [2.05, 4.69) is 27.7 Å². The summed E-state index contributed by atoms with van der Waals surface area (Å²) in [4.78, 5) is 28.0. The highest BCUT2D eigenvalue weighted by molar-refractivity contribution is 7.09. The standard InChI is InChI=1S/C21H26N2O2S/c24-20(18-7-2-1-3-8-18)10-11-21(25)22-14-17-6-4-12-23(15-17)16-19-9-5-13-26-19/h1-3,5,7-9,13,17H,4,6,10-12,14-16H2,(H,22,25). The molecule has 0 bridgehead atoms. The summed E-state index contributed by atoms with van der Waals surface area (Å²) in [5.74, 6) is 0.502. The molecule has 1 atom stereocenters. The largest absolute Gasteiger partial charge is 0.356 e. The molecule has 0 saturated carbocycles. The predicted octanol–water partition coefficient (Wildman–Crippen LogP) is 3.74. The summed E-state index contributed by atoms with van der Waals surface area (Å²) < 4.78 is 0. The van der Waals surface area contributed by atoms with Crippen LogP contribution in [0.2, 0.25) is 0 Å². The van der Waals surface area contributed by atoms with Crippen LogP contribution in [0.25, 0.3) is 0 Å². The number of hydrogen-bond acceptors (Lipinski definition) is 4. The van der Waals surface area contributed by atoms with Crippen molar-refractivity contribution in [2.24, 2.45) is 5.92 Å². The van der Waals surface area contributed by atoms with Gasteiger partial charge in [0.1, 0.15) is 0 Å². The lowest BCUT2D eigenvalue weighted by Gasteiger charge is -2.32. The minimum atomic E-state index is -0.0235. The number of thiophene rings is 1. The molecule has 3 rings (SSSR count). The van der Waals surface area contributed by atoms with E-state index in [4.69, 9.17) is 0 Å². The fourth-order valence-corrected chi connectivity index (χ4v) is 4.17. The molecule has 1 amide bonds. The molecule has 1 N–H and O–H groups in total. The van der Waals surface area contributed by atoms with E-state index in [-0.39, 0.29) is 24.5 Å². The Hall–Kier alpha value is -1.98. The lowest BCUT2D eigenvalue weighted by Crippen LogP contribution is -2.40. The van der Waals surface area contributed by atoms with Crippen LogP contribution in [-0.2, 0) is 11.3 Å². The van der Waals surface area contributed by atoms with Gasteiger partial charge >= 0.3 is 0 Å². The first kappa shape index (κ1) is 18.8. The zero-order valence-electron chi connectivity index (χ0n) is 15.0. The van der Waals surface area contributed by atoms with Crippen LogP contribution in [0.5, 0.6) is 0 Å². The van der Waals surface area contributed by atoms with Gasteiger partial charge in [-0.1, -0.05) is 36.4 Å². The average molecular weight is 371 g/mol. The number of piperidine rings is 1. The second-order valence-electron chi connectivity index (χ2n) is 6.92. The Bertz CT molecular complexity index is 700. The predicted molar refractivity (Wildman–Crippen MR) is 105 cm³/mol. The molecule has 1 aromatic heterocycles. The molecule has 1 aliphatic rings. The van der Waals surface area contributed by atoms with Gasteiger partial charge in [-0.3, -0.25) is 14.5 Å². The van der Waals surface area contributed by atoms with Gasteiger partial charge in [-0.05, 0) is 36.8 Å². The molecule has 1 aliphatic heterocycles. The molecule has 1 aromatic carbocycles. The third-order valence-electron chi connectivity index (χ3n) is 4.83. The highest BCUT2D eigenvalue weighted by atomic mass is 32.1. The number of carbonyl (C=O) groups excluding carboxylic acids is 2. The molecular formula is C21H26N2O2S. The van der Waals surface area contributed by atoms with Crippen LogP contribution >= 0.6 is 11.3 Å². The molecule has 1 fully saturated rings. The molecule has 0 radical (unpaired) electrons. The van der Waals surface area contributed by atoms with Crippen LogP contribution < -0.4 is 5.32 Å². The molecule has 1 unspecified atom stereocenters. The number of rotatable bonds is 8. The highest BCUT2D eigenvalue weighted by Gasteiger charge is 2.20. The first-order valence-electron chi connectivity index (χ1n) is 9.30. The number of amides is 1. The van der Waals surface area contributed by atoms with E-state index in [9.17, 15) is 9.59 Å². The van der Waals surface area contributed by atoms with Gasteiger partial charge in [-0.2, -0.15) is 0 Å². The van der Waals surface area contributed by atoms with Gasteiger partial charge in [0.05, 0.1) is 0 Å². The van der Waals surface area contributed by atoms with Crippen molar-refractivity contribution in [2.75, 3.05) is 19.6 Å². The van der Waals surface area contributed by atoms with Crippen LogP contribution in [-0.4, -0.2) is 36.2 Å². The fraction of sp³-hybridized carbons (Fsp3) is 0.429. The smallest absolute Gasteiger partial charge is 0.220 e. The van der Waals surface area contributed by atoms with Crippen LogP contribution in [0.15, 0.2) is 47.8 Å². The van der Waals surface area contributed by atoms with E-state index >= 15 is 0 Å². The van der Waals surface area contributed by atoms with Crippen molar-refractivity contribution in [1.82, 2.24) is 10.2 Å². The quantitative estimate of drug-likeness (QED) is 0.720. The van der Waals surface area contributed by atoms with Gasteiger partial charge in [0.25, 0.3) is 0 Å². The number of nitrogens with one attached hydrogen (secondary N) is 1. The van der Waals surface area contributed by atoms with E-state index in [1.807, 2.05) is 18.2 Å². The number of carbonyl (C=O) groups is 2. The fourth-order valence-electron chi connectivity index (χ4n) is 3.43. The van der Waals surface area contributed by atoms with Crippen molar-refractivity contribution >= 4 is 23.0 Å². The molecule has 26 heavy (non-hydrogen) atoms. The van der Waals surface area contributed by atoms with Gasteiger partial charge in [-0.25, -0.2) is 0 Å². The summed E-state index contributed by atoms with van der Waals surface area (Å²) in [6.07, 6.45) is 2.87. The molecular weight excluding hydrogens is 344 g/mol. The number of benzene rings is 1. The lowest BCUT2D eigenvalue weighted by molar-refractivity contribution is -0.121. The maximum absolute atomic E-state index is 12.1. The number of Topliss-reactive ketones (excluding diaryl/α,β-unsaturated/α-hetero) is 1. The number of ketones is 1. The third-order valence-corrected chi connectivity index (χ3v) is 5.69. The Morgan fingerprint density at radius 2 is 1.96 bits per heavy atom. The first-order chi connectivity index (χ1) is 12.7. The number of likely N-dealkylation sites (tertiary alicyclic amines) is 1. The zero-order chi connectivity index (χ0) is 18.2. The molecule has 5 heteroatoms. The van der Waals surface area contributed by atoms with Crippen molar-refractivity contribution in [1.29, 1.82) is 0 Å². The summed E-state index contributed by atoms with van der Waals surface area (Å²) in [6.45, 7) is 3.88. The third kappa shape index (κ3) is 5.78. The monoisotopic (exact) mass is 370 g/mol. The maximum atomic E-state index is 12.1. The average Bonchev–Trinajstić information content (AvgIpc) is 3.18. The highest BCUT2D eigenvalue weighted by Crippen LogP contribution is 2.20. The summed E-state index contributed by atoms with van der Waals surface area (Å²) in [6, 6.07) is 13.4. The Kier molecular flexibility index (Phi) is 6.97. The lowest BCUT2D eigenvalue weighted by atomic mass is 9.98. The van der Waals surface area contributed by atoms with Gasteiger partial charge in [0, 0.05) is 42.9 Å². The second-order valence-corrected chi connectivity index (χ2v) is 7.95. The second kappa shape index (κ2) is 9.64. The van der Waals surface area contributed by atoms with E-state index in [0.29, 0.717) is 18.0 Å². The van der Waals surface area contributed by atoms with Gasteiger partial charge < -0.3 is 5.32 Å². The SMILES string of the molecule is O=C(CCC(=O)c1ccccc1)NCC1CCCN(Cc2cccs2)C1. The van der Waals surface area contributed by atoms with Crippen LogP contribution in [0.1, 0.15) is 40.9 Å². The zero-order valence-corrected chi connectivity index (χ0v) is 15.8. The molecule has 4 nitrogen and oxygen atoms in total. The molecule has 2 aromatic rings. The molecule has 1 saturated heterocycles. The number of nitrogens with zero attached hydrogens (tertiary/aromatic N) is 1. The Morgan fingerprint density at radius 1 is 1.12 bits per heavy atom. The topological polar surface area (TPSA) is 49.4 Å². The minimum absolute atomic E-state index is 0.0235. The van der Waals surface area contributed by atoms with E-state index < -0.39 is 0 Å². The van der Waals surface area contributed by atoms with E-state index in [1.54, 1.807) is 23.5 Å². The number of hydrogen-bond donors (Lipinski definition) is 1. The summed E-state index contributed by atoms with van der Waals surface area (Å²) in [7, 11) is 0. The molecule has 0 aliphatic carbocycles. The van der Waals surface area contributed by atoms with Crippen molar-refractivity contribution in [3.63, 3.8) is 0 Å². The van der Waals surface area contributed by atoms with Crippen LogP contribution in [0.4, 0.5) is 0 Å². The Balaban J connectivity index is 1.36. The summed E-state index contributed by atoms with van der Waals surface area (Å²) in [5, 5.41) is 5.14. The van der Waals surface area contributed by atoms with Gasteiger partial charge in [0.15, 0.2) is 5.78 Å². The molecule has 0 spiro atoms. The van der Waals surface area contributed by atoms with Gasteiger partial charge in [-0.15, -0.1) is 11.3 Å². The summed E-state index contributed by atoms with van der Waals surface area (Å²) >= 11 is 1.80. The maximum Gasteiger partial charge on any atom is 0.220 e. The van der Waals surface area contributed by atoms with Crippen LogP contribution in [0.3, 0.4) is 0 Å². The van der Waals surface area contributed by atoms with Gasteiger partial charge in [0.2, 0.25) is 5.91 Å². The normalized spacial score (nSPS) is 17.8. The van der Waals surface area contributed by atoms with Crippen molar-refractivity contribution in [3.05, 3.63) is 58.3 Å². The minimum Gasteiger partial charge on any atom is -0.356 e. The Morgan fingerprint density at radius 3 is 2.73 bits per heavy atom. The van der Waals surface area contributed by atoms with E-state index in [1.165, 1.54) is 11.3 Å². The van der Waals surface area contributed by atoms with Crippen LogP contribution in [0, 0.1) is 5.92 Å². The molecule has 2 heterocycles. The molecule has 138 valence electrons.